The van der Waals surface area contributed by atoms with E-state index in [1.54, 1.807) is 4.90 Å². The maximum Gasteiger partial charge on any atom is 0.328 e. The van der Waals surface area contributed by atoms with E-state index in [1.165, 1.54) is 6.20 Å². The number of hydrogen-bond donors (Lipinski definition) is 2. The van der Waals surface area contributed by atoms with Crippen molar-refractivity contribution >= 4 is 11.6 Å². The summed E-state index contributed by atoms with van der Waals surface area (Å²) in [4.78, 5) is 38.3. The summed E-state index contributed by atoms with van der Waals surface area (Å²) < 4.78 is 1.13. The van der Waals surface area contributed by atoms with Crippen LogP contribution >= 0.6 is 0 Å². The Morgan fingerprint density at radius 2 is 1.94 bits per heavy atom. The van der Waals surface area contributed by atoms with Gasteiger partial charge in [-0.05, 0) is 19.3 Å². The van der Waals surface area contributed by atoms with Gasteiger partial charge in [0.05, 0.1) is 0 Å². The third-order valence-corrected chi connectivity index (χ3v) is 3.05. The first-order chi connectivity index (χ1) is 8.58. The molecule has 1 aliphatic rings. The third kappa shape index (κ3) is 2.61. The van der Waals surface area contributed by atoms with Crippen LogP contribution in [0.25, 0.3) is 0 Å². The van der Waals surface area contributed by atoms with E-state index < -0.39 is 11.2 Å². The van der Waals surface area contributed by atoms with Gasteiger partial charge in [0.25, 0.3) is 5.56 Å². The Morgan fingerprint density at radius 3 is 2.61 bits per heavy atom. The van der Waals surface area contributed by atoms with Gasteiger partial charge in [0.2, 0.25) is 5.91 Å². The first-order valence-corrected chi connectivity index (χ1v) is 5.95. The van der Waals surface area contributed by atoms with Crippen LogP contribution in [0.2, 0.25) is 0 Å². The van der Waals surface area contributed by atoms with Crippen LogP contribution in [-0.2, 0) is 11.3 Å². The van der Waals surface area contributed by atoms with Gasteiger partial charge >= 0.3 is 5.69 Å². The highest BCUT2D eigenvalue weighted by Gasteiger charge is 2.17. The summed E-state index contributed by atoms with van der Waals surface area (Å²) in [5.74, 6) is -0.122. The van der Waals surface area contributed by atoms with Crippen LogP contribution in [0.5, 0.6) is 0 Å². The number of nitrogen functional groups attached to an aromatic ring is 1. The Balaban J connectivity index is 2.13. The van der Waals surface area contributed by atoms with Crippen LogP contribution in [0.3, 0.4) is 0 Å². The summed E-state index contributed by atoms with van der Waals surface area (Å²) in [6.07, 6.45) is 4.33. The number of hydrogen-bond acceptors (Lipinski definition) is 4. The first kappa shape index (κ1) is 12.4. The summed E-state index contributed by atoms with van der Waals surface area (Å²) >= 11 is 0. The van der Waals surface area contributed by atoms with Crippen LogP contribution < -0.4 is 17.0 Å². The molecule has 0 atom stereocenters. The molecule has 2 rings (SSSR count). The molecule has 1 aromatic rings. The van der Waals surface area contributed by atoms with Crippen molar-refractivity contribution in [3.63, 3.8) is 0 Å². The molecular weight excluding hydrogens is 236 g/mol. The normalized spacial score (nSPS) is 15.7. The van der Waals surface area contributed by atoms with Crippen LogP contribution in [-0.4, -0.2) is 33.4 Å². The van der Waals surface area contributed by atoms with E-state index in [2.05, 4.69) is 4.98 Å². The molecule has 0 saturated carbocycles. The summed E-state index contributed by atoms with van der Waals surface area (Å²) in [6, 6.07) is 0. The minimum atomic E-state index is -0.623. The molecule has 0 aromatic carbocycles. The van der Waals surface area contributed by atoms with Gasteiger partial charge < -0.3 is 10.6 Å². The molecule has 1 saturated heterocycles. The standard InChI is InChI=1S/C11H16N4O3/c12-8-6-15(11(18)13-10(8)17)7-9(16)14-4-2-1-3-5-14/h6H,1-5,7,12H2,(H,13,17,18). The quantitative estimate of drug-likeness (QED) is 0.714. The molecule has 1 aromatic heterocycles. The molecule has 0 aliphatic carbocycles. The molecule has 0 radical (unpaired) electrons. The van der Waals surface area contributed by atoms with Crippen LogP contribution in [0, 0.1) is 0 Å². The summed E-state index contributed by atoms with van der Waals surface area (Å²) in [5.41, 5.74) is 4.11. The second-order valence-corrected chi connectivity index (χ2v) is 4.41. The number of aromatic nitrogens is 2. The second kappa shape index (κ2) is 5.07. The van der Waals surface area contributed by atoms with E-state index >= 15 is 0 Å². The van der Waals surface area contributed by atoms with Gasteiger partial charge in [-0.2, -0.15) is 0 Å². The maximum absolute atomic E-state index is 11.9. The fourth-order valence-electron chi connectivity index (χ4n) is 2.03. The molecular formula is C11H16N4O3. The molecule has 7 nitrogen and oxygen atoms in total. The Hall–Kier alpha value is -2.05. The van der Waals surface area contributed by atoms with Gasteiger partial charge in [0.15, 0.2) is 0 Å². The molecule has 98 valence electrons. The van der Waals surface area contributed by atoms with E-state index in [-0.39, 0.29) is 18.1 Å². The van der Waals surface area contributed by atoms with Crippen molar-refractivity contribution in [1.82, 2.24) is 14.5 Å². The Bertz CT molecular complexity index is 554. The predicted molar refractivity (Wildman–Crippen MR) is 66.2 cm³/mol. The summed E-state index contributed by atoms with van der Waals surface area (Å²) in [7, 11) is 0. The van der Waals surface area contributed by atoms with Crippen molar-refractivity contribution < 1.29 is 4.79 Å². The van der Waals surface area contributed by atoms with Crippen molar-refractivity contribution in [3.05, 3.63) is 27.0 Å². The molecule has 0 spiro atoms. The smallest absolute Gasteiger partial charge is 0.328 e. The number of likely N-dealkylation sites (tertiary alicyclic amines) is 1. The highest BCUT2D eigenvalue weighted by Crippen LogP contribution is 2.09. The van der Waals surface area contributed by atoms with E-state index in [4.69, 9.17) is 5.73 Å². The zero-order valence-corrected chi connectivity index (χ0v) is 10.0. The van der Waals surface area contributed by atoms with Gasteiger partial charge in [-0.15, -0.1) is 0 Å². The number of amides is 1. The molecule has 18 heavy (non-hydrogen) atoms. The lowest BCUT2D eigenvalue weighted by Crippen LogP contribution is -2.41. The lowest BCUT2D eigenvalue weighted by atomic mass is 10.1. The number of carbonyl (C=O) groups is 1. The molecule has 0 unspecified atom stereocenters. The third-order valence-electron chi connectivity index (χ3n) is 3.05. The van der Waals surface area contributed by atoms with Crippen molar-refractivity contribution in [1.29, 1.82) is 0 Å². The highest BCUT2D eigenvalue weighted by atomic mass is 16.2. The van der Waals surface area contributed by atoms with E-state index in [9.17, 15) is 14.4 Å². The minimum absolute atomic E-state index is 0.0685. The average molecular weight is 252 g/mol. The first-order valence-electron chi connectivity index (χ1n) is 5.95. The number of piperidine rings is 1. The van der Waals surface area contributed by atoms with Crippen LogP contribution in [0.1, 0.15) is 19.3 Å². The largest absolute Gasteiger partial charge is 0.393 e. The summed E-state index contributed by atoms with van der Waals surface area (Å²) in [6.45, 7) is 1.37. The van der Waals surface area contributed by atoms with Crippen molar-refractivity contribution in [3.8, 4) is 0 Å². The SMILES string of the molecule is Nc1cn(CC(=O)N2CCCCC2)c(=O)[nH]c1=O. The van der Waals surface area contributed by atoms with Gasteiger partial charge in [0.1, 0.15) is 12.2 Å². The fraction of sp³-hybridized carbons (Fsp3) is 0.545. The number of nitrogens with zero attached hydrogens (tertiary/aromatic N) is 2. The van der Waals surface area contributed by atoms with Crippen LogP contribution in [0.15, 0.2) is 15.8 Å². The van der Waals surface area contributed by atoms with E-state index in [0.717, 1.165) is 36.9 Å². The van der Waals surface area contributed by atoms with E-state index in [0.29, 0.717) is 0 Å². The Kier molecular flexibility index (Phi) is 3.50. The zero-order valence-electron chi connectivity index (χ0n) is 10.0. The fourth-order valence-corrected chi connectivity index (χ4v) is 2.03. The molecule has 2 heterocycles. The molecule has 0 bridgehead atoms. The van der Waals surface area contributed by atoms with Crippen molar-refractivity contribution in [2.45, 2.75) is 25.8 Å². The average Bonchev–Trinajstić information content (AvgIpc) is 2.37. The van der Waals surface area contributed by atoms with Gasteiger partial charge in [-0.3, -0.25) is 19.1 Å². The van der Waals surface area contributed by atoms with Crippen molar-refractivity contribution in [2.24, 2.45) is 0 Å². The zero-order chi connectivity index (χ0) is 13.1. The predicted octanol–water partition coefficient (Wildman–Crippen LogP) is -0.869. The molecule has 3 N–H and O–H groups in total. The highest BCUT2D eigenvalue weighted by molar-refractivity contribution is 5.76. The van der Waals surface area contributed by atoms with Gasteiger partial charge in [-0.1, -0.05) is 0 Å². The number of carbonyl (C=O) groups excluding carboxylic acids is 1. The Labute approximate surface area is 103 Å². The van der Waals surface area contributed by atoms with Crippen LogP contribution in [0.4, 0.5) is 5.69 Å². The number of rotatable bonds is 2. The second-order valence-electron chi connectivity index (χ2n) is 4.41. The van der Waals surface area contributed by atoms with Gasteiger partial charge in [0, 0.05) is 19.3 Å². The number of aromatic amines is 1. The number of nitrogens with one attached hydrogen (secondary N) is 1. The lowest BCUT2D eigenvalue weighted by molar-refractivity contribution is -0.132. The number of anilines is 1. The number of nitrogens with two attached hydrogens (primary N) is 1. The lowest BCUT2D eigenvalue weighted by Gasteiger charge is -2.26. The van der Waals surface area contributed by atoms with Gasteiger partial charge in [-0.25, -0.2) is 4.79 Å². The topological polar surface area (TPSA) is 101 Å². The maximum atomic E-state index is 11.9. The molecule has 7 heteroatoms. The molecule has 1 fully saturated rings. The van der Waals surface area contributed by atoms with Crippen molar-refractivity contribution in [2.75, 3.05) is 18.8 Å². The molecule has 1 aliphatic heterocycles. The Morgan fingerprint density at radius 1 is 1.28 bits per heavy atom. The summed E-state index contributed by atoms with van der Waals surface area (Å²) in [5, 5.41) is 0. The monoisotopic (exact) mass is 252 g/mol. The molecule has 1 amide bonds. The number of H-pyrrole nitrogens is 1. The minimum Gasteiger partial charge on any atom is -0.393 e. The van der Waals surface area contributed by atoms with E-state index in [1.807, 2.05) is 0 Å².